The van der Waals surface area contributed by atoms with Gasteiger partial charge in [0.2, 0.25) is 0 Å². The van der Waals surface area contributed by atoms with Crippen LogP contribution in [0.4, 0.5) is 8.78 Å². The fourth-order valence-electron chi connectivity index (χ4n) is 1.75. The zero-order chi connectivity index (χ0) is 15.1. The van der Waals surface area contributed by atoms with Gasteiger partial charge in [-0.25, -0.2) is 13.1 Å². The Morgan fingerprint density at radius 3 is 2.55 bits per heavy atom. The Kier molecular flexibility index (Phi) is 3.81. The van der Waals surface area contributed by atoms with Crippen molar-refractivity contribution in [3.8, 4) is 0 Å². The maximum Gasteiger partial charge on any atom is 0.333 e. The normalized spacial score (nSPS) is 13.3. The number of rotatable bonds is 4. The zero-order valence-electron chi connectivity index (χ0n) is 11.2. The second-order valence-corrected chi connectivity index (χ2v) is 8.88. The Bertz CT molecular complexity index is 739. The van der Waals surface area contributed by atoms with Crippen LogP contribution in [0.15, 0.2) is 29.3 Å². The lowest BCUT2D eigenvalue weighted by molar-refractivity contribution is 0.0615. The number of fused-ring (bicyclic) bond motifs is 1. The number of aromatic nitrogens is 2. The molecule has 4 nitrogen and oxygen atoms in total. The summed E-state index contributed by atoms with van der Waals surface area (Å²) in [6, 6.07) is 4.09. The Hall–Kier alpha value is -1.15. The summed E-state index contributed by atoms with van der Waals surface area (Å²) in [4.78, 5) is 0.109. The minimum Gasteiger partial charge on any atom is -0.222 e. The van der Waals surface area contributed by atoms with Crippen LogP contribution < -0.4 is 0 Å². The Balaban J connectivity index is 2.59. The largest absolute Gasteiger partial charge is 0.333 e. The molecule has 0 bridgehead atoms. The fraction of sp³-hybridized carbons (Fsp3) is 0.417. The van der Waals surface area contributed by atoms with Crippen LogP contribution in [0.25, 0.3) is 10.9 Å². The molecule has 0 aliphatic carbocycles. The lowest BCUT2D eigenvalue weighted by Gasteiger charge is -2.22. The topological polar surface area (TPSA) is 52.0 Å². The molecule has 0 radical (unpaired) electrons. The molecule has 20 heavy (non-hydrogen) atoms. The van der Waals surface area contributed by atoms with Crippen LogP contribution in [0.2, 0.25) is 0 Å². The van der Waals surface area contributed by atoms with Crippen molar-refractivity contribution in [3.63, 3.8) is 0 Å². The molecule has 0 saturated carbocycles. The van der Waals surface area contributed by atoms with E-state index in [0.29, 0.717) is 10.1 Å². The van der Waals surface area contributed by atoms with Gasteiger partial charge in [0.05, 0.1) is 16.6 Å². The van der Waals surface area contributed by atoms with E-state index in [1.807, 2.05) is 0 Å². The monoisotopic (exact) mass is 320 g/mol. The summed E-state index contributed by atoms with van der Waals surface area (Å²) in [5, 5.41) is 3.94. The Morgan fingerprint density at radius 1 is 1.35 bits per heavy atom. The molecule has 0 saturated heterocycles. The molecule has 2 aromatic rings. The zero-order valence-corrected chi connectivity index (χ0v) is 12.8. The third-order valence-electron chi connectivity index (χ3n) is 3.20. The first-order valence-corrected chi connectivity index (χ1v) is 8.47. The predicted molar refractivity (Wildman–Crippen MR) is 75.8 cm³/mol. The summed E-state index contributed by atoms with van der Waals surface area (Å²) < 4.78 is 49.9. The van der Waals surface area contributed by atoms with E-state index < -0.39 is 20.5 Å². The number of nitrogens with zero attached hydrogens (tertiary/aromatic N) is 2. The van der Waals surface area contributed by atoms with Crippen molar-refractivity contribution in [3.05, 3.63) is 24.4 Å². The maximum atomic E-state index is 12.7. The van der Waals surface area contributed by atoms with Crippen molar-refractivity contribution in [2.24, 2.45) is 0 Å². The van der Waals surface area contributed by atoms with Crippen molar-refractivity contribution in [2.75, 3.05) is 6.26 Å². The SMILES string of the molecule is CSC(C)(C)S(=O)(=O)c1ccc2c(cnn2C(F)F)c1. The van der Waals surface area contributed by atoms with E-state index in [0.717, 1.165) is 0 Å². The third kappa shape index (κ3) is 2.31. The first kappa shape index (κ1) is 15.2. The summed E-state index contributed by atoms with van der Waals surface area (Å²) in [7, 11) is -3.55. The predicted octanol–water partition coefficient (Wildman–Crippen LogP) is 3.30. The van der Waals surface area contributed by atoms with Gasteiger partial charge in [0, 0.05) is 5.39 Å². The Morgan fingerprint density at radius 2 is 2.00 bits per heavy atom. The lowest BCUT2D eigenvalue weighted by atomic mass is 10.2. The van der Waals surface area contributed by atoms with Crippen LogP contribution in [-0.4, -0.2) is 28.5 Å². The molecule has 1 aromatic carbocycles. The van der Waals surface area contributed by atoms with Crippen LogP contribution in [0, 0.1) is 0 Å². The smallest absolute Gasteiger partial charge is 0.222 e. The maximum absolute atomic E-state index is 12.7. The van der Waals surface area contributed by atoms with Gasteiger partial charge in [0.15, 0.2) is 9.84 Å². The first-order chi connectivity index (χ1) is 9.20. The quantitative estimate of drug-likeness (QED) is 0.867. The second kappa shape index (κ2) is 5.00. The van der Waals surface area contributed by atoms with E-state index in [-0.39, 0.29) is 10.4 Å². The van der Waals surface area contributed by atoms with Gasteiger partial charge in [-0.3, -0.25) is 0 Å². The highest BCUT2D eigenvalue weighted by atomic mass is 32.3. The number of sulfone groups is 1. The highest BCUT2D eigenvalue weighted by Gasteiger charge is 2.35. The molecule has 0 aliphatic rings. The molecule has 1 heterocycles. The number of hydrogen-bond donors (Lipinski definition) is 0. The van der Waals surface area contributed by atoms with Crippen molar-refractivity contribution in [1.29, 1.82) is 0 Å². The molecule has 0 spiro atoms. The minimum atomic E-state index is -3.55. The van der Waals surface area contributed by atoms with Crippen molar-refractivity contribution >= 4 is 32.5 Å². The standard InChI is InChI=1S/C12H14F2N2O2S2/c1-12(2,19-3)20(17,18)9-4-5-10-8(6-9)7-15-16(10)11(13)14/h4-7,11H,1-3H3. The highest BCUT2D eigenvalue weighted by molar-refractivity contribution is 8.14. The molecule has 0 amide bonds. The summed E-state index contributed by atoms with van der Waals surface area (Å²) in [5.74, 6) is 0. The minimum absolute atomic E-state index is 0.109. The van der Waals surface area contributed by atoms with Crippen LogP contribution >= 0.6 is 11.8 Å². The molecule has 110 valence electrons. The van der Waals surface area contributed by atoms with Gasteiger partial charge in [0.25, 0.3) is 0 Å². The first-order valence-electron chi connectivity index (χ1n) is 5.76. The van der Waals surface area contributed by atoms with E-state index >= 15 is 0 Å². The van der Waals surface area contributed by atoms with Gasteiger partial charge < -0.3 is 0 Å². The van der Waals surface area contributed by atoms with E-state index in [4.69, 9.17) is 0 Å². The van der Waals surface area contributed by atoms with Gasteiger partial charge >= 0.3 is 6.55 Å². The van der Waals surface area contributed by atoms with Gasteiger partial charge in [-0.05, 0) is 38.3 Å². The molecule has 8 heteroatoms. The van der Waals surface area contributed by atoms with E-state index in [1.165, 1.54) is 36.2 Å². The highest BCUT2D eigenvalue weighted by Crippen LogP contribution is 2.35. The van der Waals surface area contributed by atoms with Crippen molar-refractivity contribution in [2.45, 2.75) is 29.4 Å². The molecule has 0 unspecified atom stereocenters. The van der Waals surface area contributed by atoms with Gasteiger partial charge in [0.1, 0.15) is 4.08 Å². The number of alkyl halides is 2. The Labute approximate surface area is 120 Å². The number of thioether (sulfide) groups is 1. The molecule has 0 fully saturated rings. The molecule has 0 N–H and O–H groups in total. The molecule has 0 aliphatic heterocycles. The number of halogens is 2. The van der Waals surface area contributed by atoms with Gasteiger partial charge in [-0.2, -0.15) is 13.9 Å². The third-order valence-corrected chi connectivity index (χ3v) is 7.51. The van der Waals surface area contributed by atoms with Gasteiger partial charge in [-0.1, -0.05) is 0 Å². The van der Waals surface area contributed by atoms with E-state index in [1.54, 1.807) is 20.1 Å². The summed E-state index contributed by atoms with van der Waals surface area (Å²) in [6.07, 6.45) is 2.96. The lowest BCUT2D eigenvalue weighted by Crippen LogP contribution is -2.27. The van der Waals surface area contributed by atoms with Crippen LogP contribution in [-0.2, 0) is 9.84 Å². The molecular weight excluding hydrogens is 306 g/mol. The summed E-state index contributed by atoms with van der Waals surface area (Å²) in [6.45, 7) is 0.470. The average Bonchev–Trinajstić information content (AvgIpc) is 2.81. The summed E-state index contributed by atoms with van der Waals surface area (Å²) >= 11 is 1.22. The van der Waals surface area contributed by atoms with Crippen molar-refractivity contribution in [1.82, 2.24) is 9.78 Å². The molecular formula is C12H14F2N2O2S2. The number of benzene rings is 1. The van der Waals surface area contributed by atoms with E-state index in [2.05, 4.69) is 5.10 Å². The fourth-order valence-corrected chi connectivity index (χ4v) is 4.01. The van der Waals surface area contributed by atoms with Crippen LogP contribution in [0.3, 0.4) is 0 Å². The van der Waals surface area contributed by atoms with Crippen LogP contribution in [0.1, 0.15) is 20.4 Å². The average molecular weight is 320 g/mol. The molecule has 2 rings (SSSR count). The van der Waals surface area contributed by atoms with E-state index in [9.17, 15) is 17.2 Å². The summed E-state index contributed by atoms with van der Waals surface area (Å²) in [5.41, 5.74) is 0.209. The molecule has 1 aromatic heterocycles. The molecule has 0 atom stereocenters. The second-order valence-electron chi connectivity index (χ2n) is 4.69. The van der Waals surface area contributed by atoms with Gasteiger partial charge in [-0.15, -0.1) is 11.8 Å². The van der Waals surface area contributed by atoms with Crippen LogP contribution in [0.5, 0.6) is 0 Å². The number of hydrogen-bond acceptors (Lipinski definition) is 4. The van der Waals surface area contributed by atoms with Crippen molar-refractivity contribution < 1.29 is 17.2 Å².